The molecule has 7 nitrogen and oxygen atoms in total. The molecule has 0 unspecified atom stereocenters. The van der Waals surface area contributed by atoms with Gasteiger partial charge in [0.15, 0.2) is 11.0 Å². The van der Waals surface area contributed by atoms with Gasteiger partial charge in [-0.25, -0.2) is 4.79 Å². The molecular weight excluding hydrogens is 378 g/mol. The molecule has 0 fully saturated rings. The monoisotopic (exact) mass is 393 g/mol. The van der Waals surface area contributed by atoms with Crippen molar-refractivity contribution in [2.24, 2.45) is 7.05 Å². The number of methoxy groups -OCH3 is 1. The van der Waals surface area contributed by atoms with Crippen LogP contribution in [0.15, 0.2) is 46.2 Å². The topological polar surface area (TPSA) is 79.4 Å². The molecule has 3 aromatic rings. The van der Waals surface area contributed by atoms with Crippen molar-refractivity contribution in [3.05, 3.63) is 58.8 Å². The Morgan fingerprint density at radius 1 is 1.31 bits per heavy atom. The first-order valence-electron chi connectivity index (χ1n) is 7.63. The van der Waals surface area contributed by atoms with Crippen LogP contribution in [0, 0.1) is 0 Å². The zero-order valence-corrected chi connectivity index (χ0v) is 15.7. The van der Waals surface area contributed by atoms with Gasteiger partial charge in [0.25, 0.3) is 0 Å². The molecule has 3 rings (SSSR count). The molecular formula is C17H16ClN3O4S. The van der Waals surface area contributed by atoms with Gasteiger partial charge in [-0.1, -0.05) is 35.5 Å². The summed E-state index contributed by atoms with van der Waals surface area (Å²) in [4.78, 5) is 11.7. The van der Waals surface area contributed by atoms with Gasteiger partial charge in [-0.2, -0.15) is 0 Å². The maximum absolute atomic E-state index is 11.7. The van der Waals surface area contributed by atoms with E-state index in [0.717, 1.165) is 0 Å². The van der Waals surface area contributed by atoms with Crippen molar-refractivity contribution >= 4 is 29.3 Å². The van der Waals surface area contributed by atoms with Crippen molar-refractivity contribution in [1.29, 1.82) is 0 Å². The van der Waals surface area contributed by atoms with E-state index in [4.69, 9.17) is 25.5 Å². The van der Waals surface area contributed by atoms with Crippen molar-refractivity contribution in [3.63, 3.8) is 0 Å². The van der Waals surface area contributed by atoms with Crippen molar-refractivity contribution in [1.82, 2.24) is 14.8 Å². The van der Waals surface area contributed by atoms with E-state index < -0.39 is 5.97 Å². The summed E-state index contributed by atoms with van der Waals surface area (Å²) in [5, 5.41) is 9.50. The van der Waals surface area contributed by atoms with Gasteiger partial charge in [-0.15, -0.1) is 10.2 Å². The molecule has 0 aliphatic rings. The number of benzene rings is 1. The Balaban J connectivity index is 1.63. The Bertz CT molecular complexity index is 909. The minimum absolute atomic E-state index is 0.238. The zero-order chi connectivity index (χ0) is 18.5. The number of ether oxygens (including phenoxy) is 2. The van der Waals surface area contributed by atoms with Crippen LogP contribution in [0.1, 0.15) is 21.9 Å². The van der Waals surface area contributed by atoms with Gasteiger partial charge in [-0.3, -0.25) is 0 Å². The molecule has 0 aliphatic carbocycles. The van der Waals surface area contributed by atoms with E-state index in [1.165, 1.54) is 25.1 Å². The maximum atomic E-state index is 11.7. The van der Waals surface area contributed by atoms with Gasteiger partial charge in [0.1, 0.15) is 23.7 Å². The SMILES string of the molecule is COC(=O)c1ccoc1CSc1nnc(COc2ccccc2Cl)n1C. The fourth-order valence-corrected chi connectivity index (χ4v) is 3.25. The van der Waals surface area contributed by atoms with E-state index in [1.807, 2.05) is 23.7 Å². The molecule has 136 valence electrons. The minimum atomic E-state index is -0.429. The number of hydrogen-bond donors (Lipinski definition) is 0. The predicted octanol–water partition coefficient (Wildman–Crippen LogP) is 3.72. The van der Waals surface area contributed by atoms with E-state index >= 15 is 0 Å². The predicted molar refractivity (Wildman–Crippen MR) is 96.4 cm³/mol. The number of thioether (sulfide) groups is 1. The third-order valence-electron chi connectivity index (χ3n) is 3.60. The molecule has 0 bridgehead atoms. The highest BCUT2D eigenvalue weighted by atomic mass is 35.5. The second kappa shape index (κ2) is 8.29. The van der Waals surface area contributed by atoms with Crippen molar-refractivity contribution in [2.45, 2.75) is 17.5 Å². The number of hydrogen-bond acceptors (Lipinski definition) is 7. The largest absolute Gasteiger partial charge is 0.484 e. The number of nitrogens with zero attached hydrogens (tertiary/aromatic N) is 3. The zero-order valence-electron chi connectivity index (χ0n) is 14.1. The fourth-order valence-electron chi connectivity index (χ4n) is 2.17. The van der Waals surface area contributed by atoms with Crippen molar-refractivity contribution in [2.75, 3.05) is 7.11 Å². The Hall–Kier alpha value is -2.45. The van der Waals surface area contributed by atoms with Crippen LogP contribution in [0.3, 0.4) is 0 Å². The van der Waals surface area contributed by atoms with Gasteiger partial charge < -0.3 is 18.5 Å². The number of carbonyl (C=O) groups is 1. The lowest BCUT2D eigenvalue weighted by atomic mass is 10.3. The summed E-state index contributed by atoms with van der Waals surface area (Å²) in [7, 11) is 3.18. The summed E-state index contributed by atoms with van der Waals surface area (Å²) < 4.78 is 17.6. The fraction of sp³-hybridized carbons (Fsp3) is 0.235. The second-order valence-electron chi connectivity index (χ2n) is 5.21. The number of aromatic nitrogens is 3. The van der Waals surface area contributed by atoms with E-state index in [-0.39, 0.29) is 6.61 Å². The number of carbonyl (C=O) groups excluding carboxylic acids is 1. The second-order valence-corrected chi connectivity index (χ2v) is 6.56. The average molecular weight is 394 g/mol. The molecule has 26 heavy (non-hydrogen) atoms. The van der Waals surface area contributed by atoms with Crippen LogP contribution < -0.4 is 4.74 Å². The van der Waals surface area contributed by atoms with Crippen LogP contribution in [0.2, 0.25) is 5.02 Å². The van der Waals surface area contributed by atoms with Crippen molar-refractivity contribution < 1.29 is 18.7 Å². The first-order chi connectivity index (χ1) is 12.6. The van der Waals surface area contributed by atoms with Crippen LogP contribution >= 0.6 is 23.4 Å². The molecule has 0 saturated heterocycles. The molecule has 2 aromatic heterocycles. The standard InChI is InChI=1S/C17H16ClN3O4S/c1-21-15(9-25-13-6-4-3-5-12(13)18)19-20-17(21)26-10-14-11(7-8-24-14)16(22)23-2/h3-8H,9-10H2,1-2H3. The minimum Gasteiger partial charge on any atom is -0.484 e. The third kappa shape index (κ3) is 4.03. The molecule has 1 aromatic carbocycles. The third-order valence-corrected chi connectivity index (χ3v) is 4.93. The Morgan fingerprint density at radius 2 is 2.12 bits per heavy atom. The first-order valence-corrected chi connectivity index (χ1v) is 8.99. The van der Waals surface area contributed by atoms with Gasteiger partial charge in [-0.05, 0) is 18.2 Å². The highest BCUT2D eigenvalue weighted by Gasteiger charge is 2.17. The molecule has 0 spiro atoms. The molecule has 2 heterocycles. The molecule has 0 N–H and O–H groups in total. The van der Waals surface area contributed by atoms with Crippen LogP contribution in [-0.2, 0) is 24.1 Å². The molecule has 0 aliphatic heterocycles. The van der Waals surface area contributed by atoms with Gasteiger partial charge in [0.2, 0.25) is 0 Å². The van der Waals surface area contributed by atoms with Crippen LogP contribution in [0.5, 0.6) is 5.75 Å². The summed E-state index contributed by atoms with van der Waals surface area (Å²) in [6.45, 7) is 0.238. The highest BCUT2D eigenvalue weighted by molar-refractivity contribution is 7.98. The maximum Gasteiger partial charge on any atom is 0.341 e. The Morgan fingerprint density at radius 3 is 2.88 bits per heavy atom. The lowest BCUT2D eigenvalue weighted by Crippen LogP contribution is -2.05. The normalized spacial score (nSPS) is 10.7. The summed E-state index contributed by atoms with van der Waals surface area (Å²) in [5.74, 6) is 1.76. The molecule has 0 amide bonds. The lowest BCUT2D eigenvalue weighted by Gasteiger charge is -2.07. The molecule has 0 radical (unpaired) electrons. The summed E-state index contributed by atoms with van der Waals surface area (Å²) in [5.41, 5.74) is 0.407. The lowest BCUT2D eigenvalue weighted by molar-refractivity contribution is 0.0598. The average Bonchev–Trinajstić information content (AvgIpc) is 3.25. The summed E-state index contributed by atoms with van der Waals surface area (Å²) in [6, 6.07) is 8.82. The van der Waals surface area contributed by atoms with Crippen LogP contribution in [-0.4, -0.2) is 27.8 Å². The van der Waals surface area contributed by atoms with Crippen molar-refractivity contribution in [3.8, 4) is 5.75 Å². The highest BCUT2D eigenvalue weighted by Crippen LogP contribution is 2.26. The molecule has 9 heteroatoms. The van der Waals surface area contributed by atoms with Crippen LogP contribution in [0.4, 0.5) is 0 Å². The number of para-hydroxylation sites is 1. The van der Waals surface area contributed by atoms with Gasteiger partial charge in [0.05, 0.1) is 24.1 Å². The number of halogens is 1. The van der Waals surface area contributed by atoms with E-state index in [9.17, 15) is 4.79 Å². The quantitative estimate of drug-likeness (QED) is 0.447. The number of furan rings is 1. The number of esters is 1. The van der Waals surface area contributed by atoms with Gasteiger partial charge >= 0.3 is 5.97 Å². The first kappa shape index (κ1) is 18.3. The summed E-state index contributed by atoms with van der Waals surface area (Å²) >= 11 is 7.47. The van der Waals surface area contributed by atoms with Crippen LogP contribution in [0.25, 0.3) is 0 Å². The molecule has 0 saturated carbocycles. The van der Waals surface area contributed by atoms with E-state index in [2.05, 4.69) is 10.2 Å². The van der Waals surface area contributed by atoms with E-state index in [0.29, 0.717) is 38.8 Å². The Kier molecular flexibility index (Phi) is 5.85. The summed E-state index contributed by atoms with van der Waals surface area (Å²) in [6.07, 6.45) is 1.46. The van der Waals surface area contributed by atoms with Gasteiger partial charge in [0, 0.05) is 7.05 Å². The Labute approximate surface area is 159 Å². The number of rotatable bonds is 7. The smallest absolute Gasteiger partial charge is 0.341 e. The van der Waals surface area contributed by atoms with E-state index in [1.54, 1.807) is 18.2 Å². The molecule has 0 atom stereocenters.